The molecule has 1 rings (SSSR count). The van der Waals surface area contributed by atoms with E-state index in [1.54, 1.807) is 14.0 Å². The Morgan fingerprint density at radius 1 is 0.865 bits per heavy atom. The van der Waals surface area contributed by atoms with Crippen molar-refractivity contribution in [1.29, 1.82) is 0 Å². The van der Waals surface area contributed by atoms with Crippen LogP contribution in [0.2, 0.25) is 0 Å². The fraction of sp³-hybridized carbons (Fsp3) is 0.927. The lowest BCUT2D eigenvalue weighted by molar-refractivity contribution is -0.139. The van der Waals surface area contributed by atoms with E-state index in [-0.39, 0.29) is 49.1 Å². The zero-order valence-electron chi connectivity index (χ0n) is 35.5. The number of methoxy groups -OCH3 is 1. The van der Waals surface area contributed by atoms with E-state index < -0.39 is 0 Å². The summed E-state index contributed by atoms with van der Waals surface area (Å²) >= 11 is 0. The summed E-state index contributed by atoms with van der Waals surface area (Å²) < 4.78 is 23.0. The first kappa shape index (κ1) is 54.7. The molecule has 3 atom stereocenters. The van der Waals surface area contributed by atoms with Gasteiger partial charge in [-0.15, -0.1) is 0 Å². The maximum Gasteiger partial charge on any atom is 0.232 e. The van der Waals surface area contributed by atoms with Crippen molar-refractivity contribution in [2.24, 2.45) is 17.2 Å². The lowest BCUT2D eigenvalue weighted by atomic mass is 9.99. The molecule has 0 aromatic rings. The maximum absolute atomic E-state index is 12.2. The molecule has 0 aromatic heterocycles. The highest BCUT2D eigenvalue weighted by atomic mass is 16.5. The van der Waals surface area contributed by atoms with Gasteiger partial charge in [0.2, 0.25) is 17.7 Å². The molecule has 3 unspecified atom stereocenters. The molecule has 0 spiro atoms. The monoisotopic (exact) mass is 748 g/mol. The van der Waals surface area contributed by atoms with Crippen LogP contribution in [0.5, 0.6) is 0 Å². The van der Waals surface area contributed by atoms with Crippen LogP contribution in [0.1, 0.15) is 171 Å². The molecule has 52 heavy (non-hydrogen) atoms. The second kappa shape index (κ2) is 39.1. The summed E-state index contributed by atoms with van der Waals surface area (Å²) in [6, 6.07) is 0. The number of amides is 3. The summed E-state index contributed by atoms with van der Waals surface area (Å²) in [5, 5.41) is 9.42. The molecule has 11 nitrogen and oxygen atoms in total. The van der Waals surface area contributed by atoms with Crippen LogP contribution >= 0.6 is 0 Å². The average molecular weight is 748 g/mol. The molecule has 1 fully saturated rings. The van der Waals surface area contributed by atoms with Crippen LogP contribution in [-0.4, -0.2) is 93.3 Å². The van der Waals surface area contributed by atoms with E-state index in [0.717, 1.165) is 84.2 Å². The quantitative estimate of drug-likeness (QED) is 0.0388. The van der Waals surface area contributed by atoms with E-state index in [1.165, 1.54) is 43.4 Å². The summed E-state index contributed by atoms with van der Waals surface area (Å²) in [6.45, 7) is 23.5. The molecule has 3 amide bonds. The Hall–Kier alpha value is -1.63. The number of carbonyl (C=O) groups excluding carboxylic acids is 3. The summed E-state index contributed by atoms with van der Waals surface area (Å²) in [5.74, 6) is 2.79. The first-order chi connectivity index (χ1) is 24.9. The van der Waals surface area contributed by atoms with Crippen LogP contribution in [0.15, 0.2) is 0 Å². The summed E-state index contributed by atoms with van der Waals surface area (Å²) in [6.07, 6.45) is 17.8. The number of hydrogen-bond acceptors (Lipinski definition) is 9. The van der Waals surface area contributed by atoms with Gasteiger partial charge in [-0.3, -0.25) is 19.3 Å². The highest BCUT2D eigenvalue weighted by molar-refractivity contribution is 6.03. The third-order valence-electron chi connectivity index (χ3n) is 8.34. The van der Waals surface area contributed by atoms with Crippen molar-refractivity contribution in [3.63, 3.8) is 0 Å². The molecule has 0 aromatic carbocycles. The topological polar surface area (TPSA) is 150 Å². The minimum atomic E-state index is -0.265. The Labute approximate surface area is 320 Å². The lowest BCUT2D eigenvalue weighted by Gasteiger charge is -2.19. The SMILES string of the molecule is CC.CCCCCCCOCC(CCCCCNC(=O)CCN1C(=O)CC(C)C1=O)OCCCCCC(C)OCCCC.COCC(C)(C)C.NO. The minimum absolute atomic E-state index is 0.111. The zero-order chi connectivity index (χ0) is 40.0. The first-order valence-corrected chi connectivity index (χ1v) is 20.6. The zero-order valence-corrected chi connectivity index (χ0v) is 35.5. The van der Waals surface area contributed by atoms with Crippen molar-refractivity contribution in [2.45, 2.75) is 184 Å². The second-order valence-corrected chi connectivity index (χ2v) is 14.8. The van der Waals surface area contributed by atoms with Crippen LogP contribution in [0.4, 0.5) is 0 Å². The molecule has 0 aliphatic carbocycles. The van der Waals surface area contributed by atoms with Gasteiger partial charge in [0, 0.05) is 58.8 Å². The molecule has 1 saturated heterocycles. The minimum Gasteiger partial charge on any atom is -0.384 e. The molecule has 1 aliphatic rings. The van der Waals surface area contributed by atoms with Gasteiger partial charge in [0.05, 0.1) is 25.4 Å². The summed E-state index contributed by atoms with van der Waals surface area (Å²) in [7, 11) is 1.73. The molecule has 0 saturated carbocycles. The number of likely N-dealkylation sites (tertiary alicyclic amines) is 1. The number of ether oxygens (including phenoxy) is 4. The molecule has 11 heteroatoms. The van der Waals surface area contributed by atoms with Crippen molar-refractivity contribution >= 4 is 17.7 Å². The number of hydrogen-bond donors (Lipinski definition) is 3. The van der Waals surface area contributed by atoms with Gasteiger partial charge in [0.25, 0.3) is 0 Å². The average Bonchev–Trinajstić information content (AvgIpc) is 3.36. The number of nitrogens with two attached hydrogens (primary N) is 1. The molecule has 4 N–H and O–H groups in total. The van der Waals surface area contributed by atoms with Crippen molar-refractivity contribution in [2.75, 3.05) is 53.2 Å². The molecule has 0 bridgehead atoms. The van der Waals surface area contributed by atoms with Crippen LogP contribution in [0, 0.1) is 11.3 Å². The second-order valence-electron chi connectivity index (χ2n) is 14.8. The van der Waals surface area contributed by atoms with Gasteiger partial charge in [-0.05, 0) is 50.9 Å². The molecule has 1 heterocycles. The van der Waals surface area contributed by atoms with E-state index in [2.05, 4.69) is 52.8 Å². The van der Waals surface area contributed by atoms with E-state index in [1.807, 2.05) is 13.8 Å². The van der Waals surface area contributed by atoms with Gasteiger partial charge in [0.15, 0.2) is 0 Å². The van der Waals surface area contributed by atoms with E-state index in [4.69, 9.17) is 24.2 Å². The number of imide groups is 1. The van der Waals surface area contributed by atoms with Crippen molar-refractivity contribution < 1.29 is 38.5 Å². The van der Waals surface area contributed by atoms with Crippen molar-refractivity contribution in [1.82, 2.24) is 10.2 Å². The Morgan fingerprint density at radius 3 is 2.02 bits per heavy atom. The maximum atomic E-state index is 12.2. The van der Waals surface area contributed by atoms with Crippen LogP contribution in [0.25, 0.3) is 0 Å². The smallest absolute Gasteiger partial charge is 0.232 e. The molecule has 0 radical (unpaired) electrons. The van der Waals surface area contributed by atoms with Gasteiger partial charge in [-0.2, -0.15) is 0 Å². The summed E-state index contributed by atoms with van der Waals surface area (Å²) in [4.78, 5) is 37.2. The fourth-order valence-corrected chi connectivity index (χ4v) is 5.43. The van der Waals surface area contributed by atoms with E-state index in [9.17, 15) is 14.4 Å². The molecule has 312 valence electrons. The number of nitrogens with zero attached hydrogens (tertiary/aromatic N) is 1. The Balaban J connectivity index is -0.00000191. The largest absolute Gasteiger partial charge is 0.384 e. The normalized spacial score (nSPS) is 15.2. The third-order valence-corrected chi connectivity index (χ3v) is 8.34. The van der Waals surface area contributed by atoms with E-state index >= 15 is 0 Å². The van der Waals surface area contributed by atoms with Gasteiger partial charge < -0.3 is 29.5 Å². The Kier molecular flexibility index (Phi) is 41.1. The molecular formula is C41H85N3O8. The van der Waals surface area contributed by atoms with Gasteiger partial charge >= 0.3 is 0 Å². The Morgan fingerprint density at radius 2 is 1.44 bits per heavy atom. The highest BCUT2D eigenvalue weighted by Crippen LogP contribution is 2.19. The standard InChI is InChI=1S/C33H62N2O6.C6H14O.C2H6.H3NO/c1-5-7-9-10-16-23-39-27-30(41-25-17-12-13-18-29(4)40-24-8-6-2)19-14-11-15-21-34-31(36)20-22-35-32(37)26-28(3)33(35)38;1-6(2,3)5-7-4;2*1-2/h28-30H,5-27H2,1-4H3,(H,34,36);5H2,1-4H3;1-2H3;2H,1H2. The van der Waals surface area contributed by atoms with Gasteiger partial charge in [-0.1, -0.05) is 113 Å². The lowest BCUT2D eigenvalue weighted by Crippen LogP contribution is -2.35. The third kappa shape index (κ3) is 35.4. The van der Waals surface area contributed by atoms with E-state index in [0.29, 0.717) is 24.7 Å². The number of rotatable bonds is 29. The highest BCUT2D eigenvalue weighted by Gasteiger charge is 2.35. The van der Waals surface area contributed by atoms with Crippen molar-refractivity contribution in [3.8, 4) is 0 Å². The van der Waals surface area contributed by atoms with Crippen molar-refractivity contribution in [3.05, 3.63) is 0 Å². The number of nitrogens with one attached hydrogen (secondary N) is 1. The Bertz CT molecular complexity index is 809. The van der Waals surface area contributed by atoms with Gasteiger partial charge in [-0.25, -0.2) is 5.90 Å². The molecular weight excluding hydrogens is 662 g/mol. The number of carbonyl (C=O) groups is 3. The first-order valence-electron chi connectivity index (χ1n) is 20.6. The van der Waals surface area contributed by atoms with Crippen LogP contribution < -0.4 is 11.2 Å². The molecule has 1 aliphatic heterocycles. The predicted octanol–water partition coefficient (Wildman–Crippen LogP) is 8.63. The predicted molar refractivity (Wildman–Crippen MR) is 213 cm³/mol. The van der Waals surface area contributed by atoms with Crippen LogP contribution in [0.3, 0.4) is 0 Å². The van der Waals surface area contributed by atoms with Crippen LogP contribution in [-0.2, 0) is 33.3 Å². The van der Waals surface area contributed by atoms with Gasteiger partial charge in [0.1, 0.15) is 0 Å². The number of unbranched alkanes of at least 4 members (excludes halogenated alkanes) is 9. The fourth-order valence-electron chi connectivity index (χ4n) is 5.43. The summed E-state index contributed by atoms with van der Waals surface area (Å²) in [5.41, 5.74) is 0.328.